The first-order valence-corrected chi connectivity index (χ1v) is 10.5. The molecule has 2 aromatic rings. The van der Waals surface area contributed by atoms with E-state index < -0.39 is 22.8 Å². The van der Waals surface area contributed by atoms with E-state index in [2.05, 4.69) is 20.4 Å². The number of hydrogen-bond acceptors (Lipinski definition) is 6. The molecule has 0 saturated carbocycles. The lowest BCUT2D eigenvalue weighted by Gasteiger charge is -2.35. The molecular formula is C20H22ClF3N6O2. The van der Waals surface area contributed by atoms with Crippen LogP contribution in [0.3, 0.4) is 0 Å². The van der Waals surface area contributed by atoms with Gasteiger partial charge in [0, 0.05) is 51.0 Å². The highest BCUT2D eigenvalue weighted by Gasteiger charge is 2.33. The molecule has 1 N–H and O–H groups in total. The largest absolute Gasteiger partial charge is 0.417 e. The van der Waals surface area contributed by atoms with Gasteiger partial charge in [0.2, 0.25) is 0 Å². The smallest absolute Gasteiger partial charge is 0.378 e. The minimum Gasteiger partial charge on any atom is -0.378 e. The first-order valence-electron chi connectivity index (χ1n) is 10.1. The fraction of sp³-hybridized carbons (Fsp3) is 0.450. The number of amides is 2. The van der Waals surface area contributed by atoms with Crippen LogP contribution in [0.2, 0.25) is 5.02 Å². The number of rotatable bonds is 3. The number of piperazine rings is 1. The maximum absolute atomic E-state index is 13.0. The van der Waals surface area contributed by atoms with Gasteiger partial charge in [0.1, 0.15) is 0 Å². The summed E-state index contributed by atoms with van der Waals surface area (Å²) < 4.78 is 44.5. The average molecular weight is 471 g/mol. The summed E-state index contributed by atoms with van der Waals surface area (Å²) in [6, 6.07) is 4.81. The number of ether oxygens (including phenoxy) is 1. The van der Waals surface area contributed by atoms with Crippen molar-refractivity contribution in [2.24, 2.45) is 0 Å². The standard InChI is InChI=1S/C20H22ClF3N6O2/c21-17-2-1-14(11-16(17)20(22,23)24)26-19(31)30-5-3-29(4-6-30)18-12-15(13-25-27-18)28-7-9-32-10-8-28/h1-2,11-13H,3-10H2,(H,26,31). The number of carbonyl (C=O) groups is 1. The second-order valence-electron chi connectivity index (χ2n) is 7.47. The molecule has 0 spiro atoms. The molecular weight excluding hydrogens is 449 g/mol. The van der Waals surface area contributed by atoms with Crippen LogP contribution in [0.1, 0.15) is 5.56 Å². The summed E-state index contributed by atoms with van der Waals surface area (Å²) in [5, 5.41) is 10.4. The van der Waals surface area contributed by atoms with Gasteiger partial charge in [0.15, 0.2) is 5.82 Å². The van der Waals surface area contributed by atoms with Gasteiger partial charge in [0.25, 0.3) is 0 Å². The lowest BCUT2D eigenvalue weighted by Crippen LogP contribution is -2.50. The van der Waals surface area contributed by atoms with Gasteiger partial charge in [-0.1, -0.05) is 11.6 Å². The molecule has 1 aromatic carbocycles. The molecule has 32 heavy (non-hydrogen) atoms. The van der Waals surface area contributed by atoms with Crippen LogP contribution in [-0.4, -0.2) is 73.6 Å². The zero-order chi connectivity index (χ0) is 22.7. The lowest BCUT2D eigenvalue weighted by molar-refractivity contribution is -0.137. The normalized spacial score (nSPS) is 17.4. The Morgan fingerprint density at radius 3 is 2.44 bits per heavy atom. The molecule has 2 amide bonds. The van der Waals surface area contributed by atoms with E-state index in [1.165, 1.54) is 6.07 Å². The Bertz CT molecular complexity index is 963. The number of alkyl halides is 3. The summed E-state index contributed by atoms with van der Waals surface area (Å²) >= 11 is 5.63. The topological polar surface area (TPSA) is 73.8 Å². The van der Waals surface area contributed by atoms with Gasteiger partial charge in [-0.05, 0) is 18.2 Å². The zero-order valence-corrected chi connectivity index (χ0v) is 17.9. The van der Waals surface area contributed by atoms with Gasteiger partial charge in [-0.25, -0.2) is 4.79 Å². The number of morpholine rings is 1. The highest BCUT2D eigenvalue weighted by molar-refractivity contribution is 6.31. The fourth-order valence-electron chi connectivity index (χ4n) is 3.66. The first-order chi connectivity index (χ1) is 15.3. The number of nitrogens with zero attached hydrogens (tertiary/aromatic N) is 5. The molecule has 8 nitrogen and oxygen atoms in total. The summed E-state index contributed by atoms with van der Waals surface area (Å²) in [5.74, 6) is 0.724. The number of nitrogens with one attached hydrogen (secondary N) is 1. The second kappa shape index (κ2) is 9.37. The summed E-state index contributed by atoms with van der Waals surface area (Å²) in [7, 11) is 0. The number of halogens is 4. The SMILES string of the molecule is O=C(Nc1ccc(Cl)c(C(F)(F)F)c1)N1CCN(c2cc(N3CCOCC3)cnn2)CC1. The third-order valence-electron chi connectivity index (χ3n) is 5.42. The molecule has 2 aliphatic rings. The van der Waals surface area contributed by atoms with Gasteiger partial charge in [-0.2, -0.15) is 18.3 Å². The molecule has 0 bridgehead atoms. The van der Waals surface area contributed by atoms with E-state index in [4.69, 9.17) is 16.3 Å². The van der Waals surface area contributed by atoms with Crippen molar-refractivity contribution in [3.8, 4) is 0 Å². The van der Waals surface area contributed by atoms with E-state index in [1.54, 1.807) is 11.1 Å². The zero-order valence-electron chi connectivity index (χ0n) is 17.1. The van der Waals surface area contributed by atoms with Crippen molar-refractivity contribution in [2.75, 3.05) is 67.6 Å². The molecule has 0 radical (unpaired) electrons. The van der Waals surface area contributed by atoms with Crippen molar-refractivity contribution in [1.29, 1.82) is 0 Å². The van der Waals surface area contributed by atoms with E-state index >= 15 is 0 Å². The van der Waals surface area contributed by atoms with Crippen LogP contribution in [-0.2, 0) is 10.9 Å². The predicted octanol–water partition coefficient (Wildman–Crippen LogP) is 3.34. The molecule has 1 aromatic heterocycles. The number of carbonyl (C=O) groups excluding carboxylic acids is 1. The Hall–Kier alpha value is -2.79. The maximum atomic E-state index is 13.0. The number of urea groups is 1. The van der Waals surface area contributed by atoms with Crippen LogP contribution in [0.4, 0.5) is 35.2 Å². The molecule has 0 atom stereocenters. The highest BCUT2D eigenvalue weighted by Crippen LogP contribution is 2.36. The second-order valence-corrected chi connectivity index (χ2v) is 7.88. The maximum Gasteiger partial charge on any atom is 0.417 e. The highest BCUT2D eigenvalue weighted by atomic mass is 35.5. The van der Waals surface area contributed by atoms with Crippen molar-refractivity contribution >= 4 is 34.8 Å². The molecule has 2 aliphatic heterocycles. The minimum absolute atomic E-state index is 0.0400. The number of benzene rings is 1. The van der Waals surface area contributed by atoms with E-state index in [1.807, 2.05) is 11.0 Å². The van der Waals surface area contributed by atoms with Crippen molar-refractivity contribution < 1.29 is 22.7 Å². The summed E-state index contributed by atoms with van der Waals surface area (Å²) in [5.41, 5.74) is 0.0282. The van der Waals surface area contributed by atoms with Crippen molar-refractivity contribution in [3.05, 3.63) is 41.0 Å². The number of hydrogen-bond donors (Lipinski definition) is 1. The molecule has 2 fully saturated rings. The fourth-order valence-corrected chi connectivity index (χ4v) is 3.88. The minimum atomic E-state index is -4.60. The van der Waals surface area contributed by atoms with Crippen LogP contribution in [0.25, 0.3) is 0 Å². The average Bonchev–Trinajstić information content (AvgIpc) is 2.80. The van der Waals surface area contributed by atoms with Gasteiger partial charge >= 0.3 is 12.2 Å². The van der Waals surface area contributed by atoms with E-state index in [-0.39, 0.29) is 5.69 Å². The summed E-state index contributed by atoms with van der Waals surface area (Å²) in [4.78, 5) is 18.3. The predicted molar refractivity (Wildman–Crippen MR) is 114 cm³/mol. The molecule has 0 unspecified atom stereocenters. The summed E-state index contributed by atoms with van der Waals surface area (Å²) in [6.45, 7) is 4.78. The Labute approximate surface area is 187 Å². The van der Waals surface area contributed by atoms with Gasteiger partial charge in [0.05, 0.1) is 35.7 Å². The van der Waals surface area contributed by atoms with Crippen LogP contribution in [0.15, 0.2) is 30.5 Å². The molecule has 12 heteroatoms. The quantitative estimate of drug-likeness (QED) is 0.741. The van der Waals surface area contributed by atoms with Crippen LogP contribution in [0, 0.1) is 0 Å². The molecule has 4 rings (SSSR count). The van der Waals surface area contributed by atoms with E-state index in [0.717, 1.165) is 36.7 Å². The molecule has 3 heterocycles. The van der Waals surface area contributed by atoms with Gasteiger partial charge < -0.3 is 24.8 Å². The van der Waals surface area contributed by atoms with E-state index in [0.29, 0.717) is 39.4 Å². The summed E-state index contributed by atoms with van der Waals surface area (Å²) in [6.07, 6.45) is -2.87. The molecule has 2 saturated heterocycles. The van der Waals surface area contributed by atoms with Crippen molar-refractivity contribution in [1.82, 2.24) is 15.1 Å². The lowest BCUT2D eigenvalue weighted by atomic mass is 10.2. The van der Waals surface area contributed by atoms with Crippen molar-refractivity contribution in [3.63, 3.8) is 0 Å². The van der Waals surface area contributed by atoms with Crippen molar-refractivity contribution in [2.45, 2.75) is 6.18 Å². The van der Waals surface area contributed by atoms with Gasteiger partial charge in [-0.15, -0.1) is 5.10 Å². The first kappa shape index (κ1) is 22.4. The van der Waals surface area contributed by atoms with E-state index in [9.17, 15) is 18.0 Å². The Kier molecular flexibility index (Phi) is 6.56. The Morgan fingerprint density at radius 1 is 1.03 bits per heavy atom. The van der Waals surface area contributed by atoms with Gasteiger partial charge in [-0.3, -0.25) is 0 Å². The third kappa shape index (κ3) is 5.16. The molecule has 172 valence electrons. The van der Waals surface area contributed by atoms with Crippen LogP contribution < -0.4 is 15.1 Å². The molecule has 0 aliphatic carbocycles. The Balaban J connectivity index is 1.35. The monoisotopic (exact) mass is 470 g/mol. The van der Waals surface area contributed by atoms with Crippen LogP contribution >= 0.6 is 11.6 Å². The van der Waals surface area contributed by atoms with Crippen LogP contribution in [0.5, 0.6) is 0 Å². The number of aromatic nitrogens is 2. The Morgan fingerprint density at radius 2 is 1.75 bits per heavy atom. The third-order valence-corrected chi connectivity index (χ3v) is 5.75. The number of anilines is 3.